The number of esters is 1. The van der Waals surface area contributed by atoms with E-state index in [0.717, 1.165) is 16.9 Å². The first-order chi connectivity index (χ1) is 11.6. The molecule has 0 amide bonds. The van der Waals surface area contributed by atoms with Gasteiger partial charge in [-0.25, -0.2) is 9.79 Å². The quantitative estimate of drug-likeness (QED) is 0.614. The highest BCUT2D eigenvalue weighted by molar-refractivity contribution is 6.30. The summed E-state index contributed by atoms with van der Waals surface area (Å²) >= 11 is 5.84. The van der Waals surface area contributed by atoms with E-state index in [9.17, 15) is 4.79 Å². The van der Waals surface area contributed by atoms with Gasteiger partial charge in [0.25, 0.3) is 0 Å². The molecule has 0 spiro atoms. The van der Waals surface area contributed by atoms with Crippen molar-refractivity contribution in [3.05, 3.63) is 76.5 Å². The minimum absolute atomic E-state index is 0.259. The number of cyclic esters (lactones) is 1. The number of hydrogen-bond donors (Lipinski definition) is 0. The number of nitrogens with zero attached hydrogens (tertiary/aromatic N) is 1. The maximum Gasteiger partial charge on any atom is 0.363 e. The summed E-state index contributed by atoms with van der Waals surface area (Å²) in [5.41, 5.74) is 2.04. The average molecular weight is 340 g/mol. The highest BCUT2D eigenvalue weighted by Gasteiger charge is 2.20. The van der Waals surface area contributed by atoms with Crippen molar-refractivity contribution in [1.29, 1.82) is 0 Å². The largest absolute Gasteiger partial charge is 0.497 e. The van der Waals surface area contributed by atoms with Crippen molar-refractivity contribution in [2.24, 2.45) is 4.99 Å². The predicted octanol–water partition coefficient (Wildman–Crippen LogP) is 4.36. The Kier molecular flexibility index (Phi) is 4.77. The molecule has 24 heavy (non-hydrogen) atoms. The standard InChI is InChI=1S/C19H14ClNO3/c1-23-16-9-4-14(5-10-16)12-17-19(22)24-18(21-17)11-6-13-2-7-15(20)8-3-13/h2-12H,1H3. The van der Waals surface area contributed by atoms with Gasteiger partial charge in [0.1, 0.15) is 5.75 Å². The normalized spacial score (nSPS) is 15.7. The first-order valence-electron chi connectivity index (χ1n) is 7.24. The lowest BCUT2D eigenvalue weighted by atomic mass is 10.2. The van der Waals surface area contributed by atoms with E-state index in [2.05, 4.69) is 4.99 Å². The number of methoxy groups -OCH3 is 1. The predicted molar refractivity (Wildman–Crippen MR) is 95.0 cm³/mol. The van der Waals surface area contributed by atoms with E-state index < -0.39 is 5.97 Å². The molecule has 4 nitrogen and oxygen atoms in total. The summed E-state index contributed by atoms with van der Waals surface area (Å²) in [5.74, 6) is 0.539. The Hall–Kier alpha value is -2.85. The smallest absolute Gasteiger partial charge is 0.363 e. The molecule has 0 aromatic heterocycles. The molecule has 0 aliphatic carbocycles. The van der Waals surface area contributed by atoms with Crippen molar-refractivity contribution >= 4 is 35.6 Å². The van der Waals surface area contributed by atoms with Gasteiger partial charge in [-0.05, 0) is 47.5 Å². The Balaban J connectivity index is 1.76. The number of carbonyl (C=O) groups is 1. The molecule has 0 saturated carbocycles. The van der Waals surface area contributed by atoms with E-state index in [4.69, 9.17) is 21.1 Å². The van der Waals surface area contributed by atoms with Crippen LogP contribution in [0.1, 0.15) is 11.1 Å². The van der Waals surface area contributed by atoms with Crippen LogP contribution in [-0.4, -0.2) is 19.0 Å². The second kappa shape index (κ2) is 7.15. The van der Waals surface area contributed by atoms with Crippen LogP contribution in [0.4, 0.5) is 0 Å². The number of benzene rings is 2. The molecule has 120 valence electrons. The summed E-state index contributed by atoms with van der Waals surface area (Å²) in [6.45, 7) is 0. The van der Waals surface area contributed by atoms with Gasteiger partial charge in [-0.1, -0.05) is 35.9 Å². The number of rotatable bonds is 4. The summed E-state index contributed by atoms with van der Waals surface area (Å²) in [4.78, 5) is 16.1. The number of halogens is 1. The first kappa shape index (κ1) is 16.0. The average Bonchev–Trinajstić information content (AvgIpc) is 2.95. The molecule has 3 rings (SSSR count). The SMILES string of the molecule is COc1ccc(C=C2N=C(C=Cc3ccc(Cl)cc3)OC2=O)cc1. The highest BCUT2D eigenvalue weighted by Crippen LogP contribution is 2.19. The van der Waals surface area contributed by atoms with Gasteiger partial charge in [0.15, 0.2) is 5.70 Å². The monoisotopic (exact) mass is 339 g/mol. The van der Waals surface area contributed by atoms with Crippen LogP contribution in [0.3, 0.4) is 0 Å². The molecule has 0 fully saturated rings. The van der Waals surface area contributed by atoms with Gasteiger partial charge in [-0.2, -0.15) is 0 Å². The third-order valence-corrected chi connectivity index (χ3v) is 3.60. The van der Waals surface area contributed by atoms with Gasteiger partial charge in [0.05, 0.1) is 7.11 Å². The maximum atomic E-state index is 11.9. The lowest BCUT2D eigenvalue weighted by Gasteiger charge is -1.99. The van der Waals surface area contributed by atoms with Crippen LogP contribution in [0.5, 0.6) is 5.75 Å². The van der Waals surface area contributed by atoms with Gasteiger partial charge in [-0.3, -0.25) is 0 Å². The molecule has 0 radical (unpaired) electrons. The van der Waals surface area contributed by atoms with E-state index >= 15 is 0 Å². The van der Waals surface area contributed by atoms with Gasteiger partial charge in [-0.15, -0.1) is 0 Å². The molecule has 0 unspecified atom stereocenters. The van der Waals surface area contributed by atoms with E-state index in [0.29, 0.717) is 5.02 Å². The van der Waals surface area contributed by atoms with E-state index in [1.54, 1.807) is 37.5 Å². The van der Waals surface area contributed by atoms with Crippen molar-refractivity contribution in [2.45, 2.75) is 0 Å². The molecule has 5 heteroatoms. The van der Waals surface area contributed by atoms with Crippen LogP contribution in [0.2, 0.25) is 5.02 Å². The molecular weight excluding hydrogens is 326 g/mol. The Morgan fingerprint density at radius 1 is 1.00 bits per heavy atom. The first-order valence-corrected chi connectivity index (χ1v) is 7.62. The minimum Gasteiger partial charge on any atom is -0.497 e. The zero-order valence-corrected chi connectivity index (χ0v) is 13.7. The summed E-state index contributed by atoms with van der Waals surface area (Å²) in [5, 5.41) is 0.668. The molecule has 0 saturated heterocycles. The number of ether oxygens (including phenoxy) is 2. The van der Waals surface area contributed by atoms with Crippen molar-refractivity contribution in [2.75, 3.05) is 7.11 Å². The molecule has 2 aromatic rings. The molecule has 2 aromatic carbocycles. The second-order valence-electron chi connectivity index (χ2n) is 5.03. The fourth-order valence-electron chi connectivity index (χ4n) is 2.10. The van der Waals surface area contributed by atoms with Gasteiger partial charge in [0.2, 0.25) is 5.90 Å². The van der Waals surface area contributed by atoms with Crippen LogP contribution < -0.4 is 4.74 Å². The Morgan fingerprint density at radius 2 is 1.67 bits per heavy atom. The zero-order valence-electron chi connectivity index (χ0n) is 12.9. The van der Waals surface area contributed by atoms with Crippen molar-refractivity contribution in [1.82, 2.24) is 0 Å². The van der Waals surface area contributed by atoms with E-state index in [1.807, 2.05) is 36.4 Å². The number of hydrogen-bond acceptors (Lipinski definition) is 4. The Labute approximate surface area is 144 Å². The van der Waals surface area contributed by atoms with Crippen LogP contribution >= 0.6 is 11.6 Å². The lowest BCUT2D eigenvalue weighted by molar-refractivity contribution is -0.129. The molecule has 0 bridgehead atoms. The Morgan fingerprint density at radius 3 is 2.33 bits per heavy atom. The van der Waals surface area contributed by atoms with Gasteiger partial charge < -0.3 is 9.47 Å². The Bertz CT molecular complexity index is 834. The fraction of sp³-hybridized carbons (Fsp3) is 0.0526. The third-order valence-electron chi connectivity index (χ3n) is 3.34. The summed E-state index contributed by atoms with van der Waals surface area (Å²) in [7, 11) is 1.60. The summed E-state index contributed by atoms with van der Waals surface area (Å²) < 4.78 is 10.2. The molecular formula is C19H14ClNO3. The van der Waals surface area contributed by atoms with E-state index in [-0.39, 0.29) is 11.6 Å². The van der Waals surface area contributed by atoms with Crippen LogP contribution in [0.25, 0.3) is 12.2 Å². The molecule has 1 heterocycles. The zero-order chi connectivity index (χ0) is 16.9. The summed E-state index contributed by atoms with van der Waals surface area (Å²) in [6.07, 6.45) is 5.12. The van der Waals surface area contributed by atoms with Crippen LogP contribution in [0, 0.1) is 0 Å². The molecule has 0 N–H and O–H groups in total. The van der Waals surface area contributed by atoms with Crippen molar-refractivity contribution in [3.8, 4) is 5.75 Å². The maximum absolute atomic E-state index is 11.9. The second-order valence-corrected chi connectivity index (χ2v) is 5.46. The van der Waals surface area contributed by atoms with Gasteiger partial charge in [0, 0.05) is 11.1 Å². The van der Waals surface area contributed by atoms with Crippen LogP contribution in [0.15, 0.2) is 65.3 Å². The summed E-state index contributed by atoms with van der Waals surface area (Å²) in [6, 6.07) is 14.6. The number of aliphatic imine (C=N–C) groups is 1. The van der Waals surface area contributed by atoms with Gasteiger partial charge >= 0.3 is 5.97 Å². The fourth-order valence-corrected chi connectivity index (χ4v) is 2.22. The highest BCUT2D eigenvalue weighted by atomic mass is 35.5. The van der Waals surface area contributed by atoms with E-state index in [1.165, 1.54) is 0 Å². The minimum atomic E-state index is -0.471. The lowest BCUT2D eigenvalue weighted by Crippen LogP contribution is -2.01. The molecule has 1 aliphatic heterocycles. The third kappa shape index (κ3) is 3.91. The molecule has 0 atom stereocenters. The number of carbonyl (C=O) groups excluding carboxylic acids is 1. The van der Waals surface area contributed by atoms with Crippen LogP contribution in [-0.2, 0) is 9.53 Å². The molecule has 1 aliphatic rings. The van der Waals surface area contributed by atoms with Crippen molar-refractivity contribution in [3.63, 3.8) is 0 Å². The topological polar surface area (TPSA) is 47.9 Å². The van der Waals surface area contributed by atoms with Crippen molar-refractivity contribution < 1.29 is 14.3 Å².